The van der Waals surface area contributed by atoms with Crippen molar-refractivity contribution in [2.75, 3.05) is 33.2 Å². The molecular formula is C10H21N3O2. The number of hydrogen-bond acceptors (Lipinski definition) is 2. The second-order valence-corrected chi connectivity index (χ2v) is 3.26. The molecule has 0 atom stereocenters. The van der Waals surface area contributed by atoms with Crippen LogP contribution in [-0.4, -0.2) is 55.0 Å². The van der Waals surface area contributed by atoms with Crippen LogP contribution in [0.3, 0.4) is 0 Å². The molecule has 0 radical (unpaired) electrons. The first-order valence-electron chi connectivity index (χ1n) is 5.33. The van der Waals surface area contributed by atoms with Crippen LogP contribution >= 0.6 is 0 Å². The van der Waals surface area contributed by atoms with E-state index in [0.29, 0.717) is 19.6 Å². The van der Waals surface area contributed by atoms with Crippen LogP contribution in [0.4, 0.5) is 4.79 Å². The minimum Gasteiger partial charge on any atom is -0.355 e. The van der Waals surface area contributed by atoms with Gasteiger partial charge in [-0.15, -0.1) is 0 Å². The van der Waals surface area contributed by atoms with Crippen molar-refractivity contribution < 1.29 is 9.59 Å². The lowest BCUT2D eigenvalue weighted by molar-refractivity contribution is -0.121. The average Bonchev–Trinajstić information content (AvgIpc) is 2.19. The molecular weight excluding hydrogens is 194 g/mol. The van der Waals surface area contributed by atoms with Gasteiger partial charge in [-0.3, -0.25) is 4.79 Å². The Morgan fingerprint density at radius 1 is 1.13 bits per heavy atom. The van der Waals surface area contributed by atoms with Crippen LogP contribution < -0.4 is 5.32 Å². The van der Waals surface area contributed by atoms with E-state index in [2.05, 4.69) is 5.32 Å². The normalized spacial score (nSPS) is 9.60. The van der Waals surface area contributed by atoms with Crippen molar-refractivity contribution in [3.05, 3.63) is 0 Å². The number of rotatable bonds is 5. The van der Waals surface area contributed by atoms with Gasteiger partial charge in [0.05, 0.1) is 0 Å². The molecule has 0 aromatic rings. The number of likely N-dealkylation sites (N-methyl/N-ethyl adjacent to an activating group) is 2. The van der Waals surface area contributed by atoms with Gasteiger partial charge >= 0.3 is 6.03 Å². The van der Waals surface area contributed by atoms with Crippen molar-refractivity contribution in [2.24, 2.45) is 0 Å². The van der Waals surface area contributed by atoms with Crippen LogP contribution in [-0.2, 0) is 4.79 Å². The Hall–Kier alpha value is -1.26. The molecule has 0 rings (SSSR count). The second kappa shape index (κ2) is 7.09. The first-order chi connectivity index (χ1) is 7.06. The highest BCUT2D eigenvalue weighted by Crippen LogP contribution is 1.95. The van der Waals surface area contributed by atoms with Crippen molar-refractivity contribution in [2.45, 2.75) is 20.8 Å². The van der Waals surface area contributed by atoms with Crippen LogP contribution in [0.1, 0.15) is 20.8 Å². The number of nitrogens with one attached hydrogen (secondary N) is 1. The molecule has 0 aliphatic carbocycles. The summed E-state index contributed by atoms with van der Waals surface area (Å²) in [5.74, 6) is -0.125. The molecule has 5 nitrogen and oxygen atoms in total. The summed E-state index contributed by atoms with van der Waals surface area (Å²) in [5.41, 5.74) is 0. The molecule has 5 heteroatoms. The van der Waals surface area contributed by atoms with Crippen molar-refractivity contribution in [3.63, 3.8) is 0 Å². The summed E-state index contributed by atoms with van der Waals surface area (Å²) >= 11 is 0. The zero-order chi connectivity index (χ0) is 11.8. The second-order valence-electron chi connectivity index (χ2n) is 3.26. The van der Waals surface area contributed by atoms with Gasteiger partial charge in [-0.1, -0.05) is 0 Å². The minimum atomic E-state index is -0.125. The Balaban J connectivity index is 4.13. The van der Waals surface area contributed by atoms with Crippen LogP contribution in [0, 0.1) is 0 Å². The van der Waals surface area contributed by atoms with Gasteiger partial charge in [-0.2, -0.15) is 0 Å². The zero-order valence-corrected chi connectivity index (χ0v) is 10.0. The van der Waals surface area contributed by atoms with E-state index in [1.807, 2.05) is 20.8 Å². The van der Waals surface area contributed by atoms with Gasteiger partial charge in [0.2, 0.25) is 5.91 Å². The number of urea groups is 1. The van der Waals surface area contributed by atoms with Crippen molar-refractivity contribution in [1.29, 1.82) is 0 Å². The van der Waals surface area contributed by atoms with Gasteiger partial charge < -0.3 is 15.1 Å². The summed E-state index contributed by atoms with van der Waals surface area (Å²) in [7, 11) is 1.63. The first kappa shape index (κ1) is 13.7. The van der Waals surface area contributed by atoms with Gasteiger partial charge in [0.25, 0.3) is 0 Å². The van der Waals surface area contributed by atoms with E-state index in [0.717, 1.165) is 0 Å². The molecule has 0 aliphatic rings. The van der Waals surface area contributed by atoms with E-state index >= 15 is 0 Å². The third kappa shape index (κ3) is 4.67. The predicted molar refractivity (Wildman–Crippen MR) is 59.6 cm³/mol. The molecule has 0 unspecified atom stereocenters. The summed E-state index contributed by atoms with van der Waals surface area (Å²) in [6, 6.07) is -0.105. The first-order valence-corrected chi connectivity index (χ1v) is 5.33. The van der Waals surface area contributed by atoms with E-state index in [1.165, 1.54) is 4.90 Å². The number of carbonyl (C=O) groups excluding carboxylic acids is 2. The lowest BCUT2D eigenvalue weighted by atomic mass is 10.4. The summed E-state index contributed by atoms with van der Waals surface area (Å²) in [6.07, 6.45) is 0. The van der Waals surface area contributed by atoms with E-state index in [4.69, 9.17) is 0 Å². The maximum atomic E-state index is 11.7. The van der Waals surface area contributed by atoms with Crippen LogP contribution in [0.25, 0.3) is 0 Å². The van der Waals surface area contributed by atoms with Gasteiger partial charge in [-0.25, -0.2) is 4.79 Å². The van der Waals surface area contributed by atoms with E-state index < -0.39 is 0 Å². The predicted octanol–water partition coefficient (Wildman–Crippen LogP) is 0.516. The fourth-order valence-corrected chi connectivity index (χ4v) is 1.27. The Kier molecular flexibility index (Phi) is 6.49. The summed E-state index contributed by atoms with van der Waals surface area (Å²) in [4.78, 5) is 26.1. The molecule has 0 aromatic carbocycles. The Morgan fingerprint density at radius 3 is 2.07 bits per heavy atom. The average molecular weight is 215 g/mol. The van der Waals surface area contributed by atoms with Crippen LogP contribution in [0.2, 0.25) is 0 Å². The highest BCUT2D eigenvalue weighted by molar-refractivity contribution is 5.83. The third-order valence-electron chi connectivity index (χ3n) is 2.12. The topological polar surface area (TPSA) is 52.7 Å². The van der Waals surface area contributed by atoms with Crippen molar-refractivity contribution >= 4 is 11.9 Å². The molecule has 0 spiro atoms. The monoisotopic (exact) mass is 215 g/mol. The molecule has 0 bridgehead atoms. The van der Waals surface area contributed by atoms with Gasteiger partial charge in [0.15, 0.2) is 0 Å². The quantitative estimate of drug-likeness (QED) is 0.726. The van der Waals surface area contributed by atoms with Gasteiger partial charge in [-0.05, 0) is 20.8 Å². The standard InChI is InChI=1S/C10H21N3O2/c1-5-11-9(14)8-12(4)10(15)13(6-2)7-3/h5-8H2,1-4H3,(H,11,14). The fourth-order valence-electron chi connectivity index (χ4n) is 1.27. The molecule has 0 fully saturated rings. The van der Waals surface area contributed by atoms with Crippen molar-refractivity contribution in [3.8, 4) is 0 Å². The van der Waals surface area contributed by atoms with Crippen LogP contribution in [0.15, 0.2) is 0 Å². The van der Waals surface area contributed by atoms with E-state index in [1.54, 1.807) is 11.9 Å². The lowest BCUT2D eigenvalue weighted by Crippen LogP contribution is -2.45. The lowest BCUT2D eigenvalue weighted by Gasteiger charge is -2.25. The zero-order valence-electron chi connectivity index (χ0n) is 10.0. The SMILES string of the molecule is CCNC(=O)CN(C)C(=O)N(CC)CC. The molecule has 3 amide bonds. The Bertz CT molecular complexity index is 215. The summed E-state index contributed by atoms with van der Waals surface area (Å²) in [5, 5.41) is 2.65. The number of nitrogens with zero attached hydrogens (tertiary/aromatic N) is 2. The molecule has 1 N–H and O–H groups in total. The Morgan fingerprint density at radius 2 is 1.67 bits per heavy atom. The molecule has 88 valence electrons. The van der Waals surface area contributed by atoms with E-state index in [9.17, 15) is 9.59 Å². The summed E-state index contributed by atoms with van der Waals surface area (Å²) < 4.78 is 0. The molecule has 0 heterocycles. The Labute approximate surface area is 91.4 Å². The smallest absolute Gasteiger partial charge is 0.320 e. The maximum absolute atomic E-state index is 11.7. The fraction of sp³-hybridized carbons (Fsp3) is 0.800. The molecule has 0 saturated carbocycles. The highest BCUT2D eigenvalue weighted by atomic mass is 16.2. The van der Waals surface area contributed by atoms with E-state index in [-0.39, 0.29) is 18.5 Å². The minimum absolute atomic E-state index is 0.105. The number of hydrogen-bond donors (Lipinski definition) is 1. The van der Waals surface area contributed by atoms with Gasteiger partial charge in [0, 0.05) is 26.7 Å². The van der Waals surface area contributed by atoms with Gasteiger partial charge in [0.1, 0.15) is 6.54 Å². The summed E-state index contributed by atoms with van der Waals surface area (Å²) in [6.45, 7) is 7.71. The molecule has 0 saturated heterocycles. The third-order valence-corrected chi connectivity index (χ3v) is 2.12. The van der Waals surface area contributed by atoms with Crippen LogP contribution in [0.5, 0.6) is 0 Å². The highest BCUT2D eigenvalue weighted by Gasteiger charge is 2.16. The molecule has 15 heavy (non-hydrogen) atoms. The maximum Gasteiger partial charge on any atom is 0.320 e. The number of amides is 3. The molecule has 0 aliphatic heterocycles. The largest absolute Gasteiger partial charge is 0.355 e. The van der Waals surface area contributed by atoms with Crippen molar-refractivity contribution in [1.82, 2.24) is 15.1 Å². The molecule has 0 aromatic heterocycles. The number of carbonyl (C=O) groups is 2.